The number of halogens is 1. The van der Waals surface area contributed by atoms with Crippen LogP contribution in [0.1, 0.15) is 20.8 Å². The minimum Gasteiger partial charge on any atom is -0.493 e. The highest BCUT2D eigenvalue weighted by Gasteiger charge is 2.16. The lowest BCUT2D eigenvalue weighted by molar-refractivity contribution is -0.117. The molecule has 7 nitrogen and oxygen atoms in total. The zero-order valence-corrected chi connectivity index (χ0v) is 18.9. The van der Waals surface area contributed by atoms with Crippen LogP contribution in [0.3, 0.4) is 0 Å². The number of carbonyl (C=O) groups is 2. The molecule has 0 atom stereocenters. The smallest absolute Gasteiger partial charge is 0.287 e. The van der Waals surface area contributed by atoms with Gasteiger partial charge in [0.15, 0.2) is 11.5 Å². The Labute approximate surface area is 194 Å². The van der Waals surface area contributed by atoms with Crippen molar-refractivity contribution < 1.29 is 19.1 Å². The molecular weight excluding hydrogens is 450 g/mol. The Morgan fingerprint density at radius 1 is 1.03 bits per heavy atom. The van der Waals surface area contributed by atoms with Crippen LogP contribution in [0, 0.1) is 0 Å². The van der Waals surface area contributed by atoms with Gasteiger partial charge in [-0.3, -0.25) is 9.59 Å². The predicted molar refractivity (Wildman–Crippen MR) is 126 cm³/mol. The maximum atomic E-state index is 12.8. The van der Waals surface area contributed by atoms with Gasteiger partial charge >= 0.3 is 0 Å². The van der Waals surface area contributed by atoms with Crippen LogP contribution in [0.25, 0.3) is 6.08 Å². The Bertz CT molecular complexity index is 1160. The maximum Gasteiger partial charge on any atom is 0.287 e. The first-order valence-electron chi connectivity index (χ1n) is 9.38. The van der Waals surface area contributed by atoms with Crippen molar-refractivity contribution in [2.45, 2.75) is 0 Å². The molecule has 3 aromatic rings. The van der Waals surface area contributed by atoms with E-state index < -0.39 is 11.8 Å². The van der Waals surface area contributed by atoms with Crippen molar-refractivity contribution in [3.05, 3.63) is 86.7 Å². The zero-order chi connectivity index (χ0) is 22.9. The SMILES string of the molecule is COc1ccc(C=NNC(=O)/C(=C\c2cccs2)NC(=O)c2ccccc2Cl)cc1OC. The molecule has 0 saturated heterocycles. The second kappa shape index (κ2) is 11.1. The maximum absolute atomic E-state index is 12.8. The molecule has 0 spiro atoms. The summed E-state index contributed by atoms with van der Waals surface area (Å²) in [6.07, 6.45) is 3.03. The molecule has 2 aromatic carbocycles. The van der Waals surface area contributed by atoms with Crippen molar-refractivity contribution in [1.82, 2.24) is 10.7 Å². The van der Waals surface area contributed by atoms with Gasteiger partial charge in [0.25, 0.3) is 11.8 Å². The van der Waals surface area contributed by atoms with E-state index in [4.69, 9.17) is 21.1 Å². The fourth-order valence-electron chi connectivity index (χ4n) is 2.67. The van der Waals surface area contributed by atoms with E-state index in [0.717, 1.165) is 4.88 Å². The monoisotopic (exact) mass is 469 g/mol. The van der Waals surface area contributed by atoms with E-state index in [9.17, 15) is 9.59 Å². The van der Waals surface area contributed by atoms with Crippen LogP contribution in [-0.4, -0.2) is 32.2 Å². The second-order valence-corrected chi connectivity index (χ2v) is 7.71. The molecule has 32 heavy (non-hydrogen) atoms. The summed E-state index contributed by atoms with van der Waals surface area (Å²) in [5.41, 5.74) is 3.40. The van der Waals surface area contributed by atoms with Crippen LogP contribution in [-0.2, 0) is 4.79 Å². The first-order chi connectivity index (χ1) is 15.5. The fourth-order valence-corrected chi connectivity index (χ4v) is 3.55. The Morgan fingerprint density at radius 2 is 1.81 bits per heavy atom. The van der Waals surface area contributed by atoms with E-state index in [1.165, 1.54) is 24.7 Å². The lowest BCUT2D eigenvalue weighted by Gasteiger charge is -2.10. The summed E-state index contributed by atoms with van der Waals surface area (Å²) < 4.78 is 10.5. The average molecular weight is 470 g/mol. The predicted octanol–water partition coefficient (Wildman–Crippen LogP) is 4.34. The minimum absolute atomic E-state index is 0.0295. The number of rotatable bonds is 8. The normalized spacial score (nSPS) is 11.3. The molecule has 0 radical (unpaired) electrons. The lowest BCUT2D eigenvalue weighted by Crippen LogP contribution is -2.32. The molecule has 0 bridgehead atoms. The third-order valence-corrected chi connectivity index (χ3v) is 5.38. The molecule has 164 valence electrons. The molecule has 0 saturated carbocycles. The molecule has 0 aliphatic rings. The molecule has 1 heterocycles. The number of hydrazone groups is 1. The summed E-state index contributed by atoms with van der Waals surface area (Å²) in [6.45, 7) is 0. The Kier molecular flexibility index (Phi) is 8.02. The second-order valence-electron chi connectivity index (χ2n) is 6.32. The number of hydrogen-bond acceptors (Lipinski definition) is 6. The van der Waals surface area contributed by atoms with E-state index in [0.29, 0.717) is 17.1 Å². The number of carbonyl (C=O) groups excluding carboxylic acids is 2. The molecule has 0 aliphatic carbocycles. The van der Waals surface area contributed by atoms with Crippen molar-refractivity contribution >= 4 is 47.0 Å². The molecule has 1 aromatic heterocycles. The number of methoxy groups -OCH3 is 2. The number of benzene rings is 2. The van der Waals surface area contributed by atoms with E-state index in [1.54, 1.807) is 55.7 Å². The van der Waals surface area contributed by atoms with Gasteiger partial charge < -0.3 is 14.8 Å². The van der Waals surface area contributed by atoms with Crippen LogP contribution < -0.4 is 20.2 Å². The Balaban J connectivity index is 1.77. The van der Waals surface area contributed by atoms with Crippen LogP contribution in [0.4, 0.5) is 0 Å². The molecule has 2 N–H and O–H groups in total. The summed E-state index contributed by atoms with van der Waals surface area (Å²) in [6, 6.07) is 15.5. The zero-order valence-electron chi connectivity index (χ0n) is 17.3. The number of amides is 2. The van der Waals surface area contributed by atoms with Crippen molar-refractivity contribution in [2.75, 3.05) is 14.2 Å². The number of hydrogen-bond donors (Lipinski definition) is 2. The third-order valence-electron chi connectivity index (χ3n) is 4.23. The van der Waals surface area contributed by atoms with Crippen LogP contribution in [0.2, 0.25) is 5.02 Å². The molecule has 0 fully saturated rings. The van der Waals surface area contributed by atoms with E-state index in [1.807, 2.05) is 17.5 Å². The number of nitrogens with one attached hydrogen (secondary N) is 2. The van der Waals surface area contributed by atoms with E-state index in [-0.39, 0.29) is 16.3 Å². The fraction of sp³-hybridized carbons (Fsp3) is 0.0870. The first-order valence-corrected chi connectivity index (χ1v) is 10.6. The van der Waals surface area contributed by atoms with E-state index >= 15 is 0 Å². The molecule has 9 heteroatoms. The van der Waals surface area contributed by atoms with Gasteiger partial charge in [0.1, 0.15) is 5.70 Å². The summed E-state index contributed by atoms with van der Waals surface area (Å²) in [4.78, 5) is 26.2. The summed E-state index contributed by atoms with van der Waals surface area (Å²) in [5, 5.41) is 8.75. The Morgan fingerprint density at radius 3 is 2.50 bits per heavy atom. The third kappa shape index (κ3) is 5.96. The van der Waals surface area contributed by atoms with Crippen molar-refractivity contribution in [2.24, 2.45) is 5.10 Å². The first kappa shape index (κ1) is 23.1. The minimum atomic E-state index is -0.587. The summed E-state index contributed by atoms with van der Waals surface area (Å²) in [5.74, 6) is 0.0261. The van der Waals surface area contributed by atoms with Gasteiger partial charge in [-0.25, -0.2) is 5.43 Å². The molecule has 3 rings (SSSR count). The lowest BCUT2D eigenvalue weighted by atomic mass is 10.2. The summed E-state index contributed by atoms with van der Waals surface area (Å²) >= 11 is 7.53. The molecule has 2 amide bonds. The largest absolute Gasteiger partial charge is 0.493 e. The summed E-state index contributed by atoms with van der Waals surface area (Å²) in [7, 11) is 3.08. The van der Waals surface area contributed by atoms with Crippen molar-refractivity contribution in [3.63, 3.8) is 0 Å². The topological polar surface area (TPSA) is 89.0 Å². The van der Waals surface area contributed by atoms with Gasteiger partial charge in [-0.15, -0.1) is 11.3 Å². The van der Waals surface area contributed by atoms with Gasteiger partial charge in [-0.2, -0.15) is 5.10 Å². The Hall–Kier alpha value is -3.62. The van der Waals surface area contributed by atoms with E-state index in [2.05, 4.69) is 15.8 Å². The number of nitrogens with zero attached hydrogens (tertiary/aromatic N) is 1. The quantitative estimate of drug-likeness (QED) is 0.292. The molecule has 0 unspecified atom stereocenters. The van der Waals surface area contributed by atoms with Crippen LogP contribution in [0.15, 0.2) is 70.8 Å². The molecular formula is C23H20ClN3O4S. The van der Waals surface area contributed by atoms with Gasteiger partial charge in [0.05, 0.1) is 31.0 Å². The van der Waals surface area contributed by atoms with Gasteiger partial charge in [0.2, 0.25) is 0 Å². The van der Waals surface area contributed by atoms with Crippen molar-refractivity contribution in [3.8, 4) is 11.5 Å². The average Bonchev–Trinajstić information content (AvgIpc) is 3.31. The number of ether oxygens (including phenoxy) is 2. The van der Waals surface area contributed by atoms with Gasteiger partial charge in [-0.1, -0.05) is 29.8 Å². The van der Waals surface area contributed by atoms with Crippen molar-refractivity contribution in [1.29, 1.82) is 0 Å². The van der Waals surface area contributed by atoms with Crippen LogP contribution >= 0.6 is 22.9 Å². The molecule has 0 aliphatic heterocycles. The number of thiophene rings is 1. The highest BCUT2D eigenvalue weighted by Crippen LogP contribution is 2.26. The standard InChI is InChI=1S/C23H20ClN3O4S/c1-30-20-10-9-15(12-21(20)31-2)14-25-27-23(29)19(13-16-6-5-11-32-16)26-22(28)17-7-3-4-8-18(17)24/h3-14H,1-2H3,(H,26,28)(H,27,29)/b19-13+,25-14?. The van der Waals surface area contributed by atoms with Gasteiger partial charge in [-0.05, 0) is 53.4 Å². The van der Waals surface area contributed by atoms with Crippen LogP contribution in [0.5, 0.6) is 11.5 Å². The highest BCUT2D eigenvalue weighted by molar-refractivity contribution is 7.10. The highest BCUT2D eigenvalue weighted by atomic mass is 35.5. The van der Waals surface area contributed by atoms with Gasteiger partial charge in [0, 0.05) is 4.88 Å².